The molecule has 3 N–H and O–H groups in total. The number of likely N-dealkylation sites (tertiary alicyclic amines) is 1. The maximum absolute atomic E-state index is 11.7. The van der Waals surface area contributed by atoms with Crippen molar-refractivity contribution in [3.8, 4) is 0 Å². The Morgan fingerprint density at radius 2 is 1.63 bits per heavy atom. The molecule has 0 atom stereocenters. The number of amides is 1. The van der Waals surface area contributed by atoms with Crippen molar-refractivity contribution in [2.75, 3.05) is 39.8 Å². The predicted octanol–water partition coefficient (Wildman–Crippen LogP) is 2.87. The van der Waals surface area contributed by atoms with Gasteiger partial charge in [-0.15, -0.1) is 24.0 Å². The molecular formula is C20H40IN5O. The first-order valence-corrected chi connectivity index (χ1v) is 10.7. The maximum Gasteiger partial charge on any atom is 0.221 e. The van der Waals surface area contributed by atoms with E-state index in [1.54, 1.807) is 7.05 Å². The SMILES string of the molecule is CCCNC(=O)CCNC(=NC)NCC1(N2CCCCC2)CCCCC1.I. The smallest absolute Gasteiger partial charge is 0.221 e. The van der Waals surface area contributed by atoms with Crippen LogP contribution in [0.4, 0.5) is 0 Å². The van der Waals surface area contributed by atoms with Crippen molar-refractivity contribution in [1.29, 1.82) is 0 Å². The molecule has 0 bridgehead atoms. The standard InChI is InChI=1S/C20H39N5O.HI/c1-3-13-22-18(26)10-14-23-19(21-2)24-17-20(11-6-4-7-12-20)25-15-8-5-9-16-25;/h3-17H2,1-2H3,(H,22,26)(H2,21,23,24);1H. The van der Waals surface area contributed by atoms with Crippen LogP contribution in [0, 0.1) is 0 Å². The normalized spacial score (nSPS) is 20.4. The van der Waals surface area contributed by atoms with Crippen LogP contribution in [0.3, 0.4) is 0 Å². The van der Waals surface area contributed by atoms with E-state index in [1.807, 2.05) is 0 Å². The lowest BCUT2D eigenvalue weighted by Gasteiger charge is -2.48. The molecule has 1 saturated carbocycles. The number of nitrogens with zero attached hydrogens (tertiary/aromatic N) is 2. The lowest BCUT2D eigenvalue weighted by Crippen LogP contribution is -2.59. The summed E-state index contributed by atoms with van der Waals surface area (Å²) in [5.41, 5.74) is 0.286. The van der Waals surface area contributed by atoms with Crippen molar-refractivity contribution >= 4 is 35.8 Å². The summed E-state index contributed by atoms with van der Waals surface area (Å²) < 4.78 is 0. The third kappa shape index (κ3) is 8.13. The van der Waals surface area contributed by atoms with E-state index in [4.69, 9.17) is 0 Å². The lowest BCUT2D eigenvalue weighted by atomic mass is 9.79. The molecule has 0 aromatic carbocycles. The van der Waals surface area contributed by atoms with Crippen molar-refractivity contribution in [3.63, 3.8) is 0 Å². The Kier molecular flexibility index (Phi) is 12.3. The van der Waals surface area contributed by atoms with Gasteiger partial charge in [0.05, 0.1) is 0 Å². The molecular weight excluding hydrogens is 453 g/mol. The van der Waals surface area contributed by atoms with Crippen LogP contribution in [0.2, 0.25) is 0 Å². The largest absolute Gasteiger partial charge is 0.356 e. The highest BCUT2D eigenvalue weighted by atomic mass is 127. The molecule has 7 heteroatoms. The molecule has 6 nitrogen and oxygen atoms in total. The Labute approximate surface area is 182 Å². The lowest BCUT2D eigenvalue weighted by molar-refractivity contribution is -0.120. The molecule has 0 aromatic heterocycles. The quantitative estimate of drug-likeness (QED) is 0.277. The number of hydrogen-bond acceptors (Lipinski definition) is 3. The molecule has 1 aliphatic heterocycles. The Morgan fingerprint density at radius 1 is 0.963 bits per heavy atom. The zero-order valence-corrected chi connectivity index (χ0v) is 19.6. The molecule has 0 spiro atoms. The van der Waals surface area contributed by atoms with Gasteiger partial charge in [0.1, 0.15) is 0 Å². The molecule has 2 aliphatic rings. The van der Waals surface area contributed by atoms with Gasteiger partial charge in [0.2, 0.25) is 5.91 Å². The molecule has 2 fully saturated rings. The number of aliphatic imine (C=N–C) groups is 1. The van der Waals surface area contributed by atoms with Gasteiger partial charge in [0.15, 0.2) is 5.96 Å². The molecule has 0 radical (unpaired) electrons. The summed E-state index contributed by atoms with van der Waals surface area (Å²) >= 11 is 0. The van der Waals surface area contributed by atoms with E-state index in [1.165, 1.54) is 64.5 Å². The molecule has 0 aromatic rings. The molecule has 0 unspecified atom stereocenters. The highest BCUT2D eigenvalue weighted by Crippen LogP contribution is 2.35. The number of hydrogen-bond donors (Lipinski definition) is 3. The molecule has 1 saturated heterocycles. The van der Waals surface area contributed by atoms with Gasteiger partial charge in [-0.2, -0.15) is 0 Å². The fourth-order valence-electron chi connectivity index (χ4n) is 4.30. The summed E-state index contributed by atoms with van der Waals surface area (Å²) in [6.07, 6.45) is 12.1. The van der Waals surface area contributed by atoms with Gasteiger partial charge >= 0.3 is 0 Å². The summed E-state index contributed by atoms with van der Waals surface area (Å²) in [6, 6.07) is 0. The second-order valence-electron chi connectivity index (χ2n) is 7.79. The van der Waals surface area contributed by atoms with Crippen LogP contribution in [0.15, 0.2) is 4.99 Å². The predicted molar refractivity (Wildman–Crippen MR) is 124 cm³/mol. The van der Waals surface area contributed by atoms with Crippen LogP contribution in [0.25, 0.3) is 0 Å². The van der Waals surface area contributed by atoms with E-state index in [-0.39, 0.29) is 35.4 Å². The van der Waals surface area contributed by atoms with Gasteiger partial charge in [0.25, 0.3) is 0 Å². The number of piperidine rings is 1. The summed E-state index contributed by atoms with van der Waals surface area (Å²) in [5.74, 6) is 0.919. The molecule has 1 amide bonds. The molecule has 1 aliphatic carbocycles. The molecule has 27 heavy (non-hydrogen) atoms. The van der Waals surface area contributed by atoms with Gasteiger partial charge in [-0.3, -0.25) is 14.7 Å². The van der Waals surface area contributed by atoms with Crippen molar-refractivity contribution in [2.45, 2.75) is 76.7 Å². The summed E-state index contributed by atoms with van der Waals surface area (Å²) in [5, 5.41) is 9.77. The van der Waals surface area contributed by atoms with Crippen molar-refractivity contribution in [1.82, 2.24) is 20.9 Å². The van der Waals surface area contributed by atoms with Gasteiger partial charge in [-0.1, -0.05) is 32.6 Å². The zero-order chi connectivity index (χ0) is 18.7. The van der Waals surface area contributed by atoms with Crippen LogP contribution in [0.1, 0.15) is 71.1 Å². The van der Waals surface area contributed by atoms with Gasteiger partial charge in [-0.25, -0.2) is 0 Å². The van der Waals surface area contributed by atoms with E-state index < -0.39 is 0 Å². The highest BCUT2D eigenvalue weighted by molar-refractivity contribution is 14.0. The number of guanidine groups is 1. The minimum Gasteiger partial charge on any atom is -0.356 e. The number of halogens is 1. The van der Waals surface area contributed by atoms with Crippen LogP contribution in [-0.4, -0.2) is 62.1 Å². The van der Waals surface area contributed by atoms with E-state index in [2.05, 4.69) is 32.8 Å². The zero-order valence-electron chi connectivity index (χ0n) is 17.3. The van der Waals surface area contributed by atoms with Crippen LogP contribution in [-0.2, 0) is 4.79 Å². The second kappa shape index (κ2) is 13.6. The number of nitrogens with one attached hydrogen (secondary N) is 3. The summed E-state index contributed by atoms with van der Waals surface area (Å²) in [7, 11) is 1.81. The van der Waals surface area contributed by atoms with E-state index in [0.717, 1.165) is 25.5 Å². The van der Waals surface area contributed by atoms with Crippen LogP contribution >= 0.6 is 24.0 Å². The summed E-state index contributed by atoms with van der Waals surface area (Å²) in [4.78, 5) is 18.8. The average molecular weight is 493 g/mol. The monoisotopic (exact) mass is 493 g/mol. The minimum atomic E-state index is 0. The van der Waals surface area contributed by atoms with Gasteiger partial charge < -0.3 is 16.0 Å². The first-order chi connectivity index (χ1) is 12.7. The van der Waals surface area contributed by atoms with Gasteiger partial charge in [0, 0.05) is 38.6 Å². The summed E-state index contributed by atoms with van der Waals surface area (Å²) in [6.45, 7) is 6.87. The minimum absolute atomic E-state index is 0. The van der Waals surface area contributed by atoms with Gasteiger partial charge in [-0.05, 0) is 45.2 Å². The molecule has 2 rings (SSSR count). The first kappa shape index (κ1) is 24.5. The van der Waals surface area contributed by atoms with E-state index in [9.17, 15) is 4.79 Å². The molecule has 1 heterocycles. The highest BCUT2D eigenvalue weighted by Gasteiger charge is 2.38. The fraction of sp³-hybridized carbons (Fsp3) is 0.900. The Balaban J connectivity index is 0.00000364. The number of carbonyl (C=O) groups excluding carboxylic acids is 1. The topological polar surface area (TPSA) is 68.8 Å². The van der Waals surface area contributed by atoms with Crippen molar-refractivity contribution < 1.29 is 4.79 Å². The Morgan fingerprint density at radius 3 is 2.26 bits per heavy atom. The average Bonchev–Trinajstić information content (AvgIpc) is 2.70. The Hall–Kier alpha value is -0.570. The van der Waals surface area contributed by atoms with E-state index >= 15 is 0 Å². The fourth-order valence-corrected chi connectivity index (χ4v) is 4.30. The second-order valence-corrected chi connectivity index (χ2v) is 7.79. The van der Waals surface area contributed by atoms with E-state index in [0.29, 0.717) is 13.0 Å². The van der Waals surface area contributed by atoms with Crippen molar-refractivity contribution in [3.05, 3.63) is 0 Å². The maximum atomic E-state index is 11.7. The Bertz CT molecular complexity index is 446. The van der Waals surface area contributed by atoms with Crippen molar-refractivity contribution in [2.24, 2.45) is 4.99 Å². The van der Waals surface area contributed by atoms with Crippen LogP contribution < -0.4 is 16.0 Å². The number of rotatable bonds is 8. The molecule has 158 valence electrons. The van der Waals surface area contributed by atoms with Crippen LogP contribution in [0.5, 0.6) is 0 Å². The third-order valence-corrected chi connectivity index (χ3v) is 5.84. The first-order valence-electron chi connectivity index (χ1n) is 10.7. The third-order valence-electron chi connectivity index (χ3n) is 5.84. The number of carbonyl (C=O) groups is 1.